The summed E-state index contributed by atoms with van der Waals surface area (Å²) in [6, 6.07) is 22.4. The third kappa shape index (κ3) is 5.47. The number of rotatable bonds is 9. The van der Waals surface area contributed by atoms with E-state index in [1.165, 1.54) is 19.3 Å². The van der Waals surface area contributed by atoms with Crippen molar-refractivity contribution in [1.82, 2.24) is 4.90 Å². The van der Waals surface area contributed by atoms with Gasteiger partial charge < -0.3 is 14.7 Å². The number of carboxylic acid groups (broad SMARTS) is 1. The van der Waals surface area contributed by atoms with Crippen molar-refractivity contribution in [1.29, 1.82) is 0 Å². The SMILES string of the molecule is CCCCCCN1c2ccccc2Oc2cc(-c3ccc(/C=C4\SC(=S)N(CC(=O)O)C4=O)cc3)ccc21. The minimum absolute atomic E-state index is 0.260. The molecule has 3 aromatic carbocycles. The van der Waals surface area contributed by atoms with E-state index in [-0.39, 0.29) is 10.2 Å². The minimum atomic E-state index is -1.09. The zero-order chi connectivity index (χ0) is 26.6. The number of carbonyl (C=O) groups is 2. The van der Waals surface area contributed by atoms with Gasteiger partial charge in [-0.15, -0.1) is 0 Å². The van der Waals surface area contributed by atoms with Crippen LogP contribution in [0.2, 0.25) is 0 Å². The smallest absolute Gasteiger partial charge is 0.323 e. The Labute approximate surface area is 231 Å². The molecule has 6 nitrogen and oxygen atoms in total. The molecule has 2 heterocycles. The van der Waals surface area contributed by atoms with Crippen LogP contribution >= 0.6 is 24.0 Å². The lowest BCUT2D eigenvalue weighted by Crippen LogP contribution is -2.33. The van der Waals surface area contributed by atoms with Crippen molar-refractivity contribution in [2.75, 3.05) is 18.0 Å². The summed E-state index contributed by atoms with van der Waals surface area (Å²) in [5.41, 5.74) is 5.08. The van der Waals surface area contributed by atoms with Gasteiger partial charge in [-0.3, -0.25) is 14.5 Å². The molecule has 0 spiro atoms. The van der Waals surface area contributed by atoms with Gasteiger partial charge in [0.2, 0.25) is 0 Å². The molecule has 0 bridgehead atoms. The second-order valence-electron chi connectivity index (χ2n) is 9.25. The topological polar surface area (TPSA) is 70.1 Å². The lowest BCUT2D eigenvalue weighted by molar-refractivity contribution is -0.140. The standard InChI is InChI=1S/C30H28N2O4S2/c1-2-3-4-7-16-31-23-8-5-6-9-25(23)36-26-18-22(14-15-24(26)31)21-12-10-20(11-13-21)17-27-29(35)32(19-28(33)34)30(37)38-27/h5-6,8-15,17-18H,2-4,7,16,19H2,1H3,(H,33,34)/b27-17-. The monoisotopic (exact) mass is 544 g/mol. The molecule has 1 amide bonds. The number of aliphatic carboxylic acids is 1. The van der Waals surface area contributed by atoms with Crippen LogP contribution in [0.4, 0.5) is 11.4 Å². The largest absolute Gasteiger partial charge is 0.480 e. The minimum Gasteiger partial charge on any atom is -0.480 e. The Hall–Kier alpha value is -3.62. The van der Waals surface area contributed by atoms with Gasteiger partial charge in [-0.25, -0.2) is 0 Å². The molecule has 1 N–H and O–H groups in total. The van der Waals surface area contributed by atoms with Crippen LogP contribution in [-0.4, -0.2) is 39.3 Å². The number of amides is 1. The Morgan fingerprint density at radius 2 is 1.68 bits per heavy atom. The van der Waals surface area contributed by atoms with Crippen LogP contribution in [0, 0.1) is 0 Å². The number of thiocarbonyl (C=S) groups is 1. The van der Waals surface area contributed by atoms with Crippen LogP contribution in [0.25, 0.3) is 17.2 Å². The number of hydrogen-bond acceptors (Lipinski definition) is 6. The molecule has 0 aliphatic carbocycles. The van der Waals surface area contributed by atoms with E-state index in [9.17, 15) is 9.59 Å². The zero-order valence-corrected chi connectivity index (χ0v) is 22.7. The molecule has 1 fully saturated rings. The highest BCUT2D eigenvalue weighted by Crippen LogP contribution is 2.47. The normalized spacial score (nSPS) is 15.4. The lowest BCUT2D eigenvalue weighted by atomic mass is 10.0. The van der Waals surface area contributed by atoms with E-state index < -0.39 is 12.5 Å². The van der Waals surface area contributed by atoms with E-state index in [4.69, 9.17) is 22.1 Å². The van der Waals surface area contributed by atoms with E-state index >= 15 is 0 Å². The third-order valence-corrected chi connectivity index (χ3v) is 7.95. The maximum Gasteiger partial charge on any atom is 0.323 e. The van der Waals surface area contributed by atoms with Gasteiger partial charge in [-0.2, -0.15) is 0 Å². The van der Waals surface area contributed by atoms with Gasteiger partial charge in [-0.1, -0.05) is 92.6 Å². The maximum absolute atomic E-state index is 12.6. The van der Waals surface area contributed by atoms with Crippen LogP contribution in [-0.2, 0) is 9.59 Å². The molecule has 5 rings (SSSR count). The third-order valence-electron chi connectivity index (χ3n) is 6.57. The van der Waals surface area contributed by atoms with E-state index in [1.54, 1.807) is 6.08 Å². The lowest BCUT2D eigenvalue weighted by Gasteiger charge is -2.33. The number of anilines is 2. The molecule has 0 unspecified atom stereocenters. The van der Waals surface area contributed by atoms with Gasteiger partial charge in [0.05, 0.1) is 16.3 Å². The van der Waals surface area contributed by atoms with Crippen LogP contribution in [0.3, 0.4) is 0 Å². The molecule has 38 heavy (non-hydrogen) atoms. The first-order valence-electron chi connectivity index (χ1n) is 12.7. The fourth-order valence-electron chi connectivity index (χ4n) is 4.65. The number of carboxylic acids is 1. The summed E-state index contributed by atoms with van der Waals surface area (Å²) in [6.07, 6.45) is 6.53. The highest BCUT2D eigenvalue weighted by Gasteiger charge is 2.33. The van der Waals surface area contributed by atoms with Crippen molar-refractivity contribution in [3.05, 3.63) is 77.2 Å². The van der Waals surface area contributed by atoms with Crippen molar-refractivity contribution in [2.24, 2.45) is 0 Å². The molecular weight excluding hydrogens is 516 g/mol. The van der Waals surface area contributed by atoms with Crippen molar-refractivity contribution in [3.63, 3.8) is 0 Å². The van der Waals surface area contributed by atoms with Crippen molar-refractivity contribution >= 4 is 57.6 Å². The van der Waals surface area contributed by atoms with Gasteiger partial charge >= 0.3 is 5.97 Å². The zero-order valence-electron chi connectivity index (χ0n) is 21.1. The summed E-state index contributed by atoms with van der Waals surface area (Å²) in [5.74, 6) is 0.230. The first-order valence-corrected chi connectivity index (χ1v) is 13.9. The van der Waals surface area contributed by atoms with Gasteiger partial charge in [-0.05, 0) is 53.5 Å². The molecule has 0 atom stereocenters. The molecule has 0 saturated carbocycles. The van der Waals surface area contributed by atoms with E-state index in [0.717, 1.165) is 69.2 Å². The first kappa shape index (κ1) is 26.0. The number of para-hydroxylation sites is 2. The summed E-state index contributed by atoms with van der Waals surface area (Å²) >= 11 is 6.30. The summed E-state index contributed by atoms with van der Waals surface area (Å²) in [7, 11) is 0. The Morgan fingerprint density at radius 1 is 0.947 bits per heavy atom. The predicted molar refractivity (Wildman–Crippen MR) is 157 cm³/mol. The second kappa shape index (κ2) is 11.4. The Bertz CT molecular complexity index is 1420. The molecule has 2 aliphatic heterocycles. The molecule has 3 aromatic rings. The van der Waals surface area contributed by atoms with Crippen molar-refractivity contribution in [3.8, 4) is 22.6 Å². The number of hydrogen-bond donors (Lipinski definition) is 1. The number of thioether (sulfide) groups is 1. The highest BCUT2D eigenvalue weighted by molar-refractivity contribution is 8.26. The molecule has 194 valence electrons. The number of ether oxygens (including phenoxy) is 1. The number of carbonyl (C=O) groups excluding carboxylic acids is 1. The molecule has 0 radical (unpaired) electrons. The van der Waals surface area contributed by atoms with Gasteiger partial charge in [0.1, 0.15) is 10.9 Å². The Balaban J connectivity index is 1.36. The maximum atomic E-state index is 12.6. The van der Waals surface area contributed by atoms with E-state index in [0.29, 0.717) is 4.91 Å². The van der Waals surface area contributed by atoms with Gasteiger partial charge in [0, 0.05) is 6.54 Å². The van der Waals surface area contributed by atoms with Gasteiger partial charge in [0.15, 0.2) is 11.5 Å². The predicted octanol–water partition coefficient (Wildman–Crippen LogP) is 7.46. The molecule has 1 saturated heterocycles. The average molecular weight is 545 g/mol. The fraction of sp³-hybridized carbons (Fsp3) is 0.233. The molecule has 8 heteroatoms. The average Bonchev–Trinajstić information content (AvgIpc) is 3.17. The summed E-state index contributed by atoms with van der Waals surface area (Å²) in [4.78, 5) is 27.5. The fourth-order valence-corrected chi connectivity index (χ4v) is 5.90. The first-order chi connectivity index (χ1) is 18.4. The van der Waals surface area contributed by atoms with Crippen LogP contribution in [0.1, 0.15) is 38.2 Å². The Morgan fingerprint density at radius 3 is 2.45 bits per heavy atom. The second-order valence-corrected chi connectivity index (χ2v) is 10.9. The van der Waals surface area contributed by atoms with Crippen molar-refractivity contribution in [2.45, 2.75) is 32.6 Å². The number of fused-ring (bicyclic) bond motifs is 2. The summed E-state index contributed by atoms with van der Waals surface area (Å²) < 4.78 is 6.58. The Kier molecular flexibility index (Phi) is 7.81. The summed E-state index contributed by atoms with van der Waals surface area (Å²) in [6.45, 7) is 2.74. The summed E-state index contributed by atoms with van der Waals surface area (Å²) in [5, 5.41) is 9.03. The van der Waals surface area contributed by atoms with E-state index in [2.05, 4.69) is 36.1 Å². The molecule has 2 aliphatic rings. The van der Waals surface area contributed by atoms with Crippen LogP contribution in [0.15, 0.2) is 71.6 Å². The van der Waals surface area contributed by atoms with Crippen molar-refractivity contribution < 1.29 is 19.4 Å². The van der Waals surface area contributed by atoms with Crippen LogP contribution in [0.5, 0.6) is 11.5 Å². The van der Waals surface area contributed by atoms with Gasteiger partial charge in [0.25, 0.3) is 5.91 Å². The number of benzene rings is 3. The number of nitrogens with zero attached hydrogens (tertiary/aromatic N) is 2. The molecule has 0 aromatic heterocycles. The molecular formula is C30H28N2O4S2. The van der Waals surface area contributed by atoms with Crippen LogP contribution < -0.4 is 9.64 Å². The van der Waals surface area contributed by atoms with E-state index in [1.807, 2.05) is 42.5 Å². The highest BCUT2D eigenvalue weighted by atomic mass is 32.2. The number of unbranched alkanes of at least 4 members (excludes halogenated alkanes) is 3. The quantitative estimate of drug-likeness (QED) is 0.170.